The van der Waals surface area contributed by atoms with E-state index in [2.05, 4.69) is 0 Å². The Hall–Kier alpha value is -1.68. The molecule has 9 unspecified atom stereocenters. The van der Waals surface area contributed by atoms with E-state index in [1.54, 1.807) is 0 Å². The van der Waals surface area contributed by atoms with Gasteiger partial charge in [-0.1, -0.05) is 0 Å². The lowest BCUT2D eigenvalue weighted by molar-refractivity contribution is -0.175. The minimum absolute atomic E-state index is 0.0472. The standard InChI is InChI=1S/C25H26F4O5S/c26-19-21(28)24(35(31,32)33)22(29)20(27)23(19)34-25(30)13-7-12-14-8-1-3-10(5-8)16(14)18(13)17-11-4-2-9(6-11)15(12)17/h8-18H,1-7H2,(H,31,32,33). The van der Waals surface area contributed by atoms with Crippen molar-refractivity contribution in [2.45, 2.75) is 49.8 Å². The van der Waals surface area contributed by atoms with Gasteiger partial charge in [0.15, 0.2) is 16.5 Å². The summed E-state index contributed by atoms with van der Waals surface area (Å²) in [5, 5.41) is 0. The predicted octanol–water partition coefficient (Wildman–Crippen LogP) is 4.99. The molecule has 7 saturated carbocycles. The highest BCUT2D eigenvalue weighted by atomic mass is 32.2. The van der Waals surface area contributed by atoms with Crippen LogP contribution >= 0.6 is 0 Å². The lowest BCUT2D eigenvalue weighted by Gasteiger charge is -2.62. The number of carbonyl (C=O) groups is 1. The maximum Gasteiger partial charge on any atom is 0.314 e. The van der Waals surface area contributed by atoms with Crippen LogP contribution in [-0.2, 0) is 14.9 Å². The van der Waals surface area contributed by atoms with Gasteiger partial charge in [-0.2, -0.15) is 17.2 Å². The van der Waals surface area contributed by atoms with Crippen molar-refractivity contribution < 1.29 is 40.1 Å². The van der Waals surface area contributed by atoms with Crippen molar-refractivity contribution >= 4 is 16.1 Å². The van der Waals surface area contributed by atoms with Gasteiger partial charge in [0, 0.05) is 0 Å². The monoisotopic (exact) mass is 514 g/mol. The van der Waals surface area contributed by atoms with E-state index in [4.69, 9.17) is 9.29 Å². The summed E-state index contributed by atoms with van der Waals surface area (Å²) in [5.41, 5.74) is 0. The molecule has 1 N–H and O–H groups in total. The van der Waals surface area contributed by atoms with Gasteiger partial charge in [-0.05, 0) is 104 Å². The Kier molecular flexibility index (Phi) is 4.64. The van der Waals surface area contributed by atoms with Crippen LogP contribution in [0.4, 0.5) is 17.6 Å². The van der Waals surface area contributed by atoms with E-state index < -0.39 is 55.9 Å². The summed E-state index contributed by atoms with van der Waals surface area (Å²) < 4.78 is 94.2. The fraction of sp³-hybridized carbons (Fsp3) is 0.720. The van der Waals surface area contributed by atoms with Gasteiger partial charge in [-0.15, -0.1) is 0 Å². The van der Waals surface area contributed by atoms with Crippen molar-refractivity contribution in [3.05, 3.63) is 23.3 Å². The second-order valence-electron chi connectivity index (χ2n) is 11.9. The van der Waals surface area contributed by atoms with E-state index in [1.807, 2.05) is 0 Å². The molecule has 1 aromatic carbocycles. The van der Waals surface area contributed by atoms with E-state index in [9.17, 15) is 30.8 Å². The molecule has 0 radical (unpaired) electrons. The third-order valence-electron chi connectivity index (χ3n) is 10.9. The van der Waals surface area contributed by atoms with Gasteiger partial charge in [0.2, 0.25) is 17.4 Å². The highest BCUT2D eigenvalue weighted by molar-refractivity contribution is 7.85. The lowest BCUT2D eigenvalue weighted by atomic mass is 9.42. The van der Waals surface area contributed by atoms with Gasteiger partial charge in [0.25, 0.3) is 0 Å². The molecule has 0 aromatic heterocycles. The highest BCUT2D eigenvalue weighted by Gasteiger charge is 2.70. The van der Waals surface area contributed by atoms with Crippen molar-refractivity contribution in [3.8, 4) is 5.75 Å². The lowest BCUT2D eigenvalue weighted by Crippen LogP contribution is -2.59. The van der Waals surface area contributed by atoms with Crippen molar-refractivity contribution in [1.29, 1.82) is 0 Å². The van der Waals surface area contributed by atoms with Crippen LogP contribution < -0.4 is 4.74 Å². The van der Waals surface area contributed by atoms with Crippen molar-refractivity contribution in [2.24, 2.45) is 65.1 Å². The van der Waals surface area contributed by atoms with E-state index in [-0.39, 0.29) is 5.92 Å². The minimum Gasteiger partial charge on any atom is -0.420 e. The highest BCUT2D eigenvalue weighted by Crippen LogP contribution is 2.75. The first-order chi connectivity index (χ1) is 16.6. The maximum absolute atomic E-state index is 14.6. The van der Waals surface area contributed by atoms with Crippen LogP contribution in [0.25, 0.3) is 0 Å². The zero-order valence-electron chi connectivity index (χ0n) is 18.8. The summed E-state index contributed by atoms with van der Waals surface area (Å²) in [6.45, 7) is 0. The number of esters is 1. The molecule has 7 fully saturated rings. The third-order valence-corrected chi connectivity index (χ3v) is 11.8. The summed E-state index contributed by atoms with van der Waals surface area (Å²) in [6.07, 6.45) is 7.65. The molecule has 0 aliphatic heterocycles. The first kappa shape index (κ1) is 22.5. The van der Waals surface area contributed by atoms with Crippen molar-refractivity contribution in [3.63, 3.8) is 0 Å². The zero-order valence-corrected chi connectivity index (χ0v) is 19.6. The van der Waals surface area contributed by atoms with Crippen LogP contribution in [0.3, 0.4) is 0 Å². The molecule has 10 heteroatoms. The third kappa shape index (κ3) is 2.84. The van der Waals surface area contributed by atoms with Crippen LogP contribution in [0.15, 0.2) is 4.90 Å². The number of hydrogen-bond acceptors (Lipinski definition) is 4. The topological polar surface area (TPSA) is 80.7 Å². The van der Waals surface area contributed by atoms with Gasteiger partial charge < -0.3 is 4.74 Å². The van der Waals surface area contributed by atoms with Crippen LogP contribution in [0, 0.1) is 88.4 Å². The number of hydrogen-bond donors (Lipinski definition) is 1. The molecule has 0 saturated heterocycles. The molecule has 0 spiro atoms. The van der Waals surface area contributed by atoms with E-state index in [0.29, 0.717) is 59.7 Å². The molecule has 7 aliphatic carbocycles. The molecule has 0 amide bonds. The Morgan fingerprint density at radius 3 is 1.63 bits per heavy atom. The van der Waals surface area contributed by atoms with Crippen molar-refractivity contribution in [2.75, 3.05) is 0 Å². The molecule has 8 rings (SSSR count). The van der Waals surface area contributed by atoms with E-state index in [1.165, 1.54) is 25.7 Å². The molecule has 0 heterocycles. The van der Waals surface area contributed by atoms with Crippen LogP contribution in [0.1, 0.15) is 44.9 Å². The summed E-state index contributed by atoms with van der Waals surface area (Å²) >= 11 is 0. The molecule has 1 aromatic rings. The van der Waals surface area contributed by atoms with Gasteiger partial charge in [0.1, 0.15) is 0 Å². The quantitative estimate of drug-likeness (QED) is 0.202. The Labute approximate surface area is 200 Å². The average Bonchev–Trinajstić information content (AvgIpc) is 3.61. The van der Waals surface area contributed by atoms with Gasteiger partial charge in [-0.3, -0.25) is 9.35 Å². The minimum atomic E-state index is -5.58. The van der Waals surface area contributed by atoms with Crippen LogP contribution in [0.2, 0.25) is 0 Å². The molecule has 6 bridgehead atoms. The normalized spacial score (nSPS) is 44.5. The van der Waals surface area contributed by atoms with E-state index >= 15 is 0 Å². The molecule has 7 aliphatic rings. The molecular weight excluding hydrogens is 488 g/mol. The molecule has 5 nitrogen and oxygen atoms in total. The molecule has 9 atom stereocenters. The predicted molar refractivity (Wildman–Crippen MR) is 112 cm³/mol. The SMILES string of the molecule is O=C(Oc1c(F)c(F)c(S(=O)(=O)O)c(F)c1F)C1CC2C3C4CCC(C4)C3C1C1C3CCC(C3)C21. The Morgan fingerprint density at radius 1 is 0.714 bits per heavy atom. The number of benzene rings is 1. The second kappa shape index (κ2) is 7.21. The van der Waals surface area contributed by atoms with E-state index in [0.717, 1.165) is 12.8 Å². The fourth-order valence-electron chi connectivity index (χ4n) is 10.3. The fourth-order valence-corrected chi connectivity index (χ4v) is 11.0. The molecule has 190 valence electrons. The number of ether oxygens (including phenoxy) is 1. The van der Waals surface area contributed by atoms with Crippen LogP contribution in [-0.4, -0.2) is 18.9 Å². The van der Waals surface area contributed by atoms with Crippen molar-refractivity contribution in [1.82, 2.24) is 0 Å². The number of halogens is 4. The Balaban J connectivity index is 1.25. The smallest absolute Gasteiger partial charge is 0.314 e. The molecular formula is C25H26F4O5S. The Morgan fingerprint density at radius 2 is 1.17 bits per heavy atom. The van der Waals surface area contributed by atoms with Crippen LogP contribution in [0.5, 0.6) is 5.75 Å². The maximum atomic E-state index is 14.6. The number of rotatable bonds is 3. The summed E-state index contributed by atoms with van der Waals surface area (Å²) in [4.78, 5) is 11.2. The number of carbonyl (C=O) groups excluding carboxylic acids is 1. The summed E-state index contributed by atoms with van der Waals surface area (Å²) in [5.74, 6) is -7.23. The number of fused-ring (bicyclic) bond motifs is 5. The average molecular weight is 515 g/mol. The second-order valence-corrected chi connectivity index (χ2v) is 13.2. The van der Waals surface area contributed by atoms with Gasteiger partial charge >= 0.3 is 16.1 Å². The van der Waals surface area contributed by atoms with Gasteiger partial charge in [0.05, 0.1) is 5.92 Å². The van der Waals surface area contributed by atoms with Gasteiger partial charge in [-0.25, -0.2) is 8.78 Å². The first-order valence-corrected chi connectivity index (χ1v) is 14.1. The zero-order chi connectivity index (χ0) is 24.5. The Bertz CT molecular complexity index is 1190. The molecule has 35 heavy (non-hydrogen) atoms. The largest absolute Gasteiger partial charge is 0.420 e. The summed E-state index contributed by atoms with van der Waals surface area (Å²) in [7, 11) is -5.58. The summed E-state index contributed by atoms with van der Waals surface area (Å²) in [6, 6.07) is 0. The first-order valence-electron chi connectivity index (χ1n) is 12.6.